The number of nitrogens with zero attached hydrogens (tertiary/aromatic N) is 3. The topological polar surface area (TPSA) is 140 Å². The van der Waals surface area contributed by atoms with Crippen LogP contribution >= 0.6 is 23.2 Å². The predicted molar refractivity (Wildman–Crippen MR) is 154 cm³/mol. The Balaban J connectivity index is 1.51. The van der Waals surface area contributed by atoms with E-state index in [0.717, 1.165) is 6.07 Å². The summed E-state index contributed by atoms with van der Waals surface area (Å²) >= 11 is 12.3. The Morgan fingerprint density at radius 2 is 1.83 bits per heavy atom. The molecule has 14 heteroatoms. The summed E-state index contributed by atoms with van der Waals surface area (Å²) in [6.45, 7) is 8.88. The molecule has 10 nitrogen and oxygen atoms in total. The van der Waals surface area contributed by atoms with Crippen LogP contribution in [0.1, 0.15) is 46.4 Å². The Hall–Kier alpha value is -3.87. The van der Waals surface area contributed by atoms with E-state index in [9.17, 15) is 18.7 Å². The van der Waals surface area contributed by atoms with E-state index < -0.39 is 17.8 Å². The fourth-order valence-electron chi connectivity index (χ4n) is 4.45. The number of anilines is 2. The van der Waals surface area contributed by atoms with Crippen LogP contribution in [0.4, 0.5) is 15.9 Å². The molecule has 0 saturated carbocycles. The van der Waals surface area contributed by atoms with E-state index >= 15 is 0 Å². The summed E-state index contributed by atoms with van der Waals surface area (Å²) in [7, 11) is 0.401. The number of aromatic nitrogens is 2. The summed E-state index contributed by atoms with van der Waals surface area (Å²) < 4.78 is 31.6. The van der Waals surface area contributed by atoms with Crippen LogP contribution in [-0.4, -0.2) is 59.2 Å². The van der Waals surface area contributed by atoms with Gasteiger partial charge in [0.1, 0.15) is 0 Å². The number of piperazine rings is 1. The zero-order chi connectivity index (χ0) is 29.8. The molecule has 1 aromatic heterocycles. The third kappa shape index (κ3) is 6.90. The molecular weight excluding hydrogens is 573 g/mol. The Morgan fingerprint density at radius 1 is 1.17 bits per heavy atom. The van der Waals surface area contributed by atoms with Gasteiger partial charge in [-0.1, -0.05) is 0 Å². The SMILES string of the molecule is C=C(B=O)C(Oc1cc(C(=O)Nc2ccc(C(=O)N3C[C@@H](C)N[C@@H](C)C3)cc2)nnc1N)c1c(Cl)ccc(F)c1Cl. The maximum absolute atomic E-state index is 14.2. The Labute approximate surface area is 246 Å². The van der Waals surface area contributed by atoms with Crippen LogP contribution in [0.5, 0.6) is 5.75 Å². The van der Waals surface area contributed by atoms with Gasteiger partial charge in [0.2, 0.25) is 0 Å². The molecule has 0 aliphatic carbocycles. The molecule has 4 rings (SSSR count). The van der Waals surface area contributed by atoms with Crippen LogP contribution in [-0.2, 0) is 4.70 Å². The van der Waals surface area contributed by atoms with Gasteiger partial charge < -0.3 is 10.2 Å². The number of halogens is 3. The van der Waals surface area contributed by atoms with Gasteiger partial charge in [0.15, 0.2) is 0 Å². The number of amides is 2. The number of hydrogen-bond acceptors (Lipinski definition) is 8. The summed E-state index contributed by atoms with van der Waals surface area (Å²) in [6, 6.07) is 10.3. The number of benzene rings is 2. The van der Waals surface area contributed by atoms with Crippen molar-refractivity contribution in [1.82, 2.24) is 20.4 Å². The summed E-state index contributed by atoms with van der Waals surface area (Å²) in [5.74, 6) is -1.90. The second kappa shape index (κ2) is 12.8. The van der Waals surface area contributed by atoms with Gasteiger partial charge in [-0.05, 0) is 13.8 Å². The van der Waals surface area contributed by atoms with Gasteiger partial charge in [-0.3, -0.25) is 4.79 Å². The van der Waals surface area contributed by atoms with Crippen molar-refractivity contribution in [3.05, 3.63) is 87.2 Å². The van der Waals surface area contributed by atoms with Crippen LogP contribution in [0.25, 0.3) is 0 Å². The average molecular weight is 599 g/mol. The predicted octanol–water partition coefficient (Wildman–Crippen LogP) is 4.26. The quantitative estimate of drug-likeness (QED) is 0.258. The molecule has 3 atom stereocenters. The second-order valence-corrected chi connectivity index (χ2v) is 10.4. The van der Waals surface area contributed by atoms with Crippen molar-refractivity contribution in [3.8, 4) is 5.75 Å². The van der Waals surface area contributed by atoms with Crippen LogP contribution in [0.3, 0.4) is 0 Å². The minimum absolute atomic E-state index is 0.0193. The molecule has 1 fully saturated rings. The summed E-state index contributed by atoms with van der Waals surface area (Å²) in [5, 5.41) is 13.3. The number of carbonyl (C=O) groups is 2. The minimum atomic E-state index is -1.34. The van der Waals surface area contributed by atoms with Crippen molar-refractivity contribution in [3.63, 3.8) is 0 Å². The van der Waals surface area contributed by atoms with Crippen molar-refractivity contribution in [2.75, 3.05) is 24.1 Å². The van der Waals surface area contributed by atoms with Gasteiger partial charge in [0.25, 0.3) is 5.91 Å². The average Bonchev–Trinajstić information content (AvgIpc) is 2.94. The van der Waals surface area contributed by atoms with Crippen LogP contribution in [0.15, 0.2) is 54.5 Å². The third-order valence-corrected chi connectivity index (χ3v) is 7.04. The number of nitrogen functional groups attached to an aromatic ring is 1. The number of carbonyl (C=O) groups excluding carboxylic acids is 2. The maximum atomic E-state index is 14.2. The molecule has 0 spiro atoms. The molecule has 1 unspecified atom stereocenters. The molecule has 0 radical (unpaired) electrons. The van der Waals surface area contributed by atoms with Gasteiger partial charge in [-0.2, -0.15) is 0 Å². The zero-order valence-corrected chi connectivity index (χ0v) is 23.7. The first kappa shape index (κ1) is 30.1. The Morgan fingerprint density at radius 3 is 2.46 bits per heavy atom. The van der Waals surface area contributed by atoms with Crippen LogP contribution in [0.2, 0.25) is 10.0 Å². The van der Waals surface area contributed by atoms with E-state index in [1.165, 1.54) is 12.1 Å². The van der Waals surface area contributed by atoms with Gasteiger partial charge in [0.05, 0.1) is 0 Å². The molecule has 1 aliphatic heterocycles. The van der Waals surface area contributed by atoms with Crippen molar-refractivity contribution in [1.29, 1.82) is 0 Å². The van der Waals surface area contributed by atoms with Crippen LogP contribution < -0.4 is 21.1 Å². The molecule has 2 aromatic carbocycles. The third-order valence-electron chi connectivity index (χ3n) is 6.33. The molecule has 4 N–H and O–H groups in total. The van der Waals surface area contributed by atoms with Crippen molar-refractivity contribution in [2.45, 2.75) is 32.0 Å². The second-order valence-electron chi connectivity index (χ2n) is 9.64. The summed E-state index contributed by atoms with van der Waals surface area (Å²) in [6.07, 6.45) is -1.34. The molecule has 0 bridgehead atoms. The molecule has 1 saturated heterocycles. The zero-order valence-electron chi connectivity index (χ0n) is 22.2. The van der Waals surface area contributed by atoms with Gasteiger partial charge >= 0.3 is 187 Å². The van der Waals surface area contributed by atoms with E-state index in [0.29, 0.717) is 31.5 Å². The van der Waals surface area contributed by atoms with E-state index in [1.807, 2.05) is 13.8 Å². The van der Waals surface area contributed by atoms with E-state index in [4.69, 9.17) is 33.7 Å². The molecule has 212 valence electrons. The monoisotopic (exact) mass is 598 g/mol. The van der Waals surface area contributed by atoms with Crippen molar-refractivity contribution in [2.24, 2.45) is 0 Å². The normalized spacial score (nSPS) is 17.3. The van der Waals surface area contributed by atoms with Gasteiger partial charge in [-0.15, -0.1) is 0 Å². The fraction of sp³-hybridized carbons (Fsp3) is 0.259. The number of hydrogen-bond donors (Lipinski definition) is 3. The van der Waals surface area contributed by atoms with Crippen molar-refractivity contribution < 1.29 is 23.4 Å². The number of rotatable bonds is 8. The van der Waals surface area contributed by atoms with Crippen LogP contribution in [0, 0.1) is 5.82 Å². The molecule has 2 amide bonds. The number of nitrogens with two attached hydrogens (primary N) is 1. The molecule has 41 heavy (non-hydrogen) atoms. The first-order valence-corrected chi connectivity index (χ1v) is 13.3. The molecule has 1 aliphatic rings. The van der Waals surface area contributed by atoms with Crippen molar-refractivity contribution >= 4 is 53.7 Å². The van der Waals surface area contributed by atoms with E-state index in [1.54, 1.807) is 29.2 Å². The fourth-order valence-corrected chi connectivity index (χ4v) is 5.02. The standard InChI is InChI=1S/C27H26BCl2FN6O4/c1-13-11-37(12-14(2)33-13)27(39)16-4-6-17(7-5-16)34-26(38)20-10-21(25(32)36-35-20)41-24(15(3)28-40)22-18(29)8-9-19(31)23(22)30/h4-10,13-14,24,33H,3,11-12H2,1-2H3,(H2,32,36)(H,34,38)/t13-,14+,24?. The number of nitrogens with one attached hydrogen (secondary N) is 2. The van der Waals surface area contributed by atoms with Gasteiger partial charge in [0, 0.05) is 25.2 Å². The Bertz CT molecular complexity index is 1500. The molecular formula is C27H26BCl2FN6O4. The summed E-state index contributed by atoms with van der Waals surface area (Å²) in [4.78, 5) is 27.7. The van der Waals surface area contributed by atoms with E-state index in [2.05, 4.69) is 27.4 Å². The van der Waals surface area contributed by atoms with E-state index in [-0.39, 0.29) is 56.3 Å². The Kier molecular flexibility index (Phi) is 9.37. The summed E-state index contributed by atoms with van der Waals surface area (Å²) in [5.41, 5.74) is 6.44. The number of ether oxygens (including phenoxy) is 1. The first-order valence-electron chi connectivity index (χ1n) is 12.5. The molecule has 3 aromatic rings. The van der Waals surface area contributed by atoms with Gasteiger partial charge in [-0.25, -0.2) is 0 Å². The first-order chi connectivity index (χ1) is 19.5. The molecule has 2 heterocycles.